The maximum Gasteiger partial charge on any atom is 0.0480 e. The number of rotatable bonds is 3. The minimum Gasteiger partial charge on any atom is -0.350 e. The van der Waals surface area contributed by atoms with Gasteiger partial charge in [0.15, 0.2) is 0 Å². The number of benzene rings is 1. The molecule has 2 aromatic rings. The van der Waals surface area contributed by atoms with Crippen molar-refractivity contribution in [1.29, 1.82) is 0 Å². The Kier molecular flexibility index (Phi) is 5.23. The molecule has 17 heavy (non-hydrogen) atoms. The Morgan fingerprint density at radius 2 is 1.76 bits per heavy atom. The van der Waals surface area contributed by atoms with E-state index in [4.69, 9.17) is 0 Å². The maximum absolute atomic E-state index is 2.24. The molecule has 0 saturated carbocycles. The molecule has 0 aliphatic rings. The number of likely N-dealkylation sites (N-methyl/N-ethyl adjacent to an activating group) is 1. The number of hydrogen-bond acceptors (Lipinski definition) is 1. The smallest absolute Gasteiger partial charge is 0.0480 e. The van der Waals surface area contributed by atoms with Crippen LogP contribution in [0, 0.1) is 0 Å². The quantitative estimate of drug-likeness (QED) is 0.788. The summed E-state index contributed by atoms with van der Waals surface area (Å²) in [5, 5.41) is 1.39. The van der Waals surface area contributed by atoms with Crippen molar-refractivity contribution in [3.05, 3.63) is 36.0 Å². The molecule has 2 heteroatoms. The van der Waals surface area contributed by atoms with Crippen molar-refractivity contribution < 1.29 is 0 Å². The molecule has 0 unspecified atom stereocenters. The van der Waals surface area contributed by atoms with Gasteiger partial charge in [-0.15, -0.1) is 0 Å². The van der Waals surface area contributed by atoms with Crippen molar-refractivity contribution in [2.75, 3.05) is 20.6 Å². The maximum atomic E-state index is 2.24. The lowest BCUT2D eigenvalue weighted by Gasteiger charge is -2.07. The standard InChI is InChI=1S/C13H18N2.C2H6/c1-14(2)9-8-11-10-15(3)13-7-5-4-6-12(11)13;1-2/h4-7,10H,8-9H2,1-3H3;1-2H3. The van der Waals surface area contributed by atoms with E-state index in [1.54, 1.807) is 0 Å². The van der Waals surface area contributed by atoms with Crippen molar-refractivity contribution in [3.63, 3.8) is 0 Å². The highest BCUT2D eigenvalue weighted by Gasteiger charge is 2.05. The monoisotopic (exact) mass is 232 g/mol. The van der Waals surface area contributed by atoms with E-state index in [0.717, 1.165) is 13.0 Å². The van der Waals surface area contributed by atoms with E-state index in [9.17, 15) is 0 Å². The Labute approximate surface area is 105 Å². The predicted molar refractivity (Wildman–Crippen MR) is 76.5 cm³/mol. The van der Waals surface area contributed by atoms with E-state index in [-0.39, 0.29) is 0 Å². The highest BCUT2D eigenvalue weighted by molar-refractivity contribution is 5.83. The van der Waals surface area contributed by atoms with E-state index in [1.807, 2.05) is 13.8 Å². The molecule has 0 amide bonds. The summed E-state index contributed by atoms with van der Waals surface area (Å²) >= 11 is 0. The molecule has 0 saturated heterocycles. The summed E-state index contributed by atoms with van der Waals surface area (Å²) in [4.78, 5) is 2.22. The molecule has 0 bridgehead atoms. The van der Waals surface area contributed by atoms with Crippen LogP contribution in [-0.4, -0.2) is 30.1 Å². The van der Waals surface area contributed by atoms with Gasteiger partial charge in [-0.1, -0.05) is 32.0 Å². The van der Waals surface area contributed by atoms with Gasteiger partial charge < -0.3 is 9.47 Å². The molecule has 0 atom stereocenters. The average Bonchev–Trinajstić information content (AvgIpc) is 2.67. The lowest BCUT2D eigenvalue weighted by Crippen LogP contribution is -2.14. The van der Waals surface area contributed by atoms with Gasteiger partial charge in [0.1, 0.15) is 0 Å². The lowest BCUT2D eigenvalue weighted by atomic mass is 10.1. The van der Waals surface area contributed by atoms with Gasteiger partial charge in [0.25, 0.3) is 0 Å². The van der Waals surface area contributed by atoms with Gasteiger partial charge in [-0.3, -0.25) is 0 Å². The van der Waals surface area contributed by atoms with Gasteiger partial charge in [-0.2, -0.15) is 0 Å². The second-order valence-electron chi connectivity index (χ2n) is 4.34. The number of fused-ring (bicyclic) bond motifs is 1. The summed E-state index contributed by atoms with van der Waals surface area (Å²) in [6, 6.07) is 8.59. The summed E-state index contributed by atoms with van der Waals surface area (Å²) in [5.41, 5.74) is 2.77. The van der Waals surface area contributed by atoms with E-state index in [2.05, 4.69) is 61.1 Å². The topological polar surface area (TPSA) is 8.17 Å². The average molecular weight is 232 g/mol. The van der Waals surface area contributed by atoms with Crippen molar-refractivity contribution in [1.82, 2.24) is 9.47 Å². The number of aryl methyl sites for hydroxylation is 1. The van der Waals surface area contributed by atoms with Crippen molar-refractivity contribution in [3.8, 4) is 0 Å². The molecule has 2 nitrogen and oxygen atoms in total. The third-order valence-corrected chi connectivity index (χ3v) is 2.81. The fraction of sp³-hybridized carbons (Fsp3) is 0.467. The Morgan fingerprint density at radius 3 is 2.41 bits per heavy atom. The minimum absolute atomic E-state index is 1.11. The van der Waals surface area contributed by atoms with Crippen LogP contribution < -0.4 is 0 Å². The van der Waals surface area contributed by atoms with Crippen LogP contribution in [0.5, 0.6) is 0 Å². The Morgan fingerprint density at radius 1 is 1.12 bits per heavy atom. The van der Waals surface area contributed by atoms with E-state index >= 15 is 0 Å². The molecular formula is C15H24N2. The largest absolute Gasteiger partial charge is 0.350 e. The fourth-order valence-corrected chi connectivity index (χ4v) is 1.97. The highest BCUT2D eigenvalue weighted by atomic mass is 15.0. The summed E-state index contributed by atoms with van der Waals surface area (Å²) in [5.74, 6) is 0. The first-order valence-electron chi connectivity index (χ1n) is 6.36. The van der Waals surface area contributed by atoms with Crippen LogP contribution in [0.4, 0.5) is 0 Å². The normalized spacial score (nSPS) is 10.5. The molecule has 2 rings (SSSR count). The molecule has 0 N–H and O–H groups in total. The third kappa shape index (κ3) is 3.34. The first kappa shape index (κ1) is 13.8. The molecule has 94 valence electrons. The van der Waals surface area contributed by atoms with E-state index in [0.29, 0.717) is 0 Å². The first-order valence-corrected chi connectivity index (χ1v) is 6.36. The van der Waals surface area contributed by atoms with Crippen LogP contribution in [0.3, 0.4) is 0 Å². The molecule has 0 aliphatic carbocycles. The molecule has 0 fully saturated rings. The van der Waals surface area contributed by atoms with Gasteiger partial charge >= 0.3 is 0 Å². The molecule has 0 radical (unpaired) electrons. The Balaban J connectivity index is 0.000000686. The summed E-state index contributed by atoms with van der Waals surface area (Å²) in [7, 11) is 6.34. The van der Waals surface area contributed by atoms with Crippen molar-refractivity contribution in [2.45, 2.75) is 20.3 Å². The minimum atomic E-state index is 1.11. The SMILES string of the molecule is CC.CN(C)CCc1cn(C)c2ccccc12. The summed E-state index contributed by atoms with van der Waals surface area (Å²) < 4.78 is 2.21. The van der Waals surface area contributed by atoms with Gasteiger partial charge in [0.2, 0.25) is 0 Å². The van der Waals surface area contributed by atoms with Crippen LogP contribution in [0.2, 0.25) is 0 Å². The number of hydrogen-bond donors (Lipinski definition) is 0. The fourth-order valence-electron chi connectivity index (χ4n) is 1.97. The molecular weight excluding hydrogens is 208 g/mol. The van der Waals surface area contributed by atoms with Gasteiger partial charge in [0, 0.05) is 30.7 Å². The number of aromatic nitrogens is 1. The second-order valence-corrected chi connectivity index (χ2v) is 4.34. The van der Waals surface area contributed by atoms with E-state index < -0.39 is 0 Å². The van der Waals surface area contributed by atoms with E-state index in [1.165, 1.54) is 16.5 Å². The molecule has 0 aliphatic heterocycles. The van der Waals surface area contributed by atoms with Gasteiger partial charge in [-0.05, 0) is 32.1 Å². The van der Waals surface area contributed by atoms with Crippen LogP contribution in [0.15, 0.2) is 30.5 Å². The predicted octanol–water partition coefficient (Wildman–Crippen LogP) is 3.31. The zero-order chi connectivity index (χ0) is 12.8. The van der Waals surface area contributed by atoms with Crippen LogP contribution in [-0.2, 0) is 13.5 Å². The Bertz CT molecular complexity index is 455. The van der Waals surface area contributed by atoms with Crippen LogP contribution in [0.25, 0.3) is 10.9 Å². The Hall–Kier alpha value is -1.28. The lowest BCUT2D eigenvalue weighted by molar-refractivity contribution is 0.414. The zero-order valence-corrected chi connectivity index (χ0v) is 11.7. The number of nitrogens with zero attached hydrogens (tertiary/aromatic N) is 2. The molecule has 1 aromatic heterocycles. The molecule has 1 aromatic carbocycles. The summed E-state index contributed by atoms with van der Waals surface area (Å²) in [6.07, 6.45) is 3.36. The van der Waals surface area contributed by atoms with Gasteiger partial charge in [0.05, 0.1) is 0 Å². The zero-order valence-electron chi connectivity index (χ0n) is 11.7. The van der Waals surface area contributed by atoms with Crippen LogP contribution >= 0.6 is 0 Å². The summed E-state index contributed by atoms with van der Waals surface area (Å²) in [6.45, 7) is 5.11. The van der Waals surface area contributed by atoms with Gasteiger partial charge in [-0.25, -0.2) is 0 Å². The number of para-hydroxylation sites is 1. The first-order chi connectivity index (χ1) is 8.18. The van der Waals surface area contributed by atoms with Crippen molar-refractivity contribution >= 4 is 10.9 Å². The second kappa shape index (κ2) is 6.45. The molecule has 1 heterocycles. The third-order valence-electron chi connectivity index (χ3n) is 2.81. The van der Waals surface area contributed by atoms with Crippen LogP contribution in [0.1, 0.15) is 19.4 Å². The molecule has 0 spiro atoms. The highest BCUT2D eigenvalue weighted by Crippen LogP contribution is 2.20. The van der Waals surface area contributed by atoms with Crippen molar-refractivity contribution in [2.24, 2.45) is 7.05 Å².